The molecule has 1 aromatic heterocycles. The maximum atomic E-state index is 5.96. The Morgan fingerprint density at radius 3 is 2.61 bits per heavy atom. The molecule has 0 spiro atoms. The van der Waals surface area contributed by atoms with Crippen LogP contribution in [0, 0.1) is 0 Å². The lowest BCUT2D eigenvalue weighted by Gasteiger charge is -2.02. The lowest BCUT2D eigenvalue weighted by atomic mass is 10.1. The predicted octanol–water partition coefficient (Wildman–Crippen LogP) is 3.21. The highest BCUT2D eigenvalue weighted by atomic mass is 14.7. The van der Waals surface area contributed by atoms with Gasteiger partial charge in [-0.3, -0.25) is 0 Å². The summed E-state index contributed by atoms with van der Waals surface area (Å²) in [5.74, 6) is 0. The third kappa shape index (κ3) is 1.52. The van der Waals surface area contributed by atoms with Crippen molar-refractivity contribution in [2.45, 2.75) is 6.42 Å². The van der Waals surface area contributed by atoms with E-state index >= 15 is 0 Å². The number of rotatable bonds is 2. The number of hydrogen-bond acceptors (Lipinski definition) is 2. The third-order valence-corrected chi connectivity index (χ3v) is 3.20. The summed E-state index contributed by atoms with van der Waals surface area (Å²) in [5.41, 5.74) is 16.7. The minimum Gasteiger partial charge on any atom is -0.399 e. The zero-order valence-electron chi connectivity index (χ0n) is 10.0. The Kier molecular flexibility index (Phi) is 2.27. The first-order valence-corrected chi connectivity index (χ1v) is 5.89. The Hall–Kier alpha value is -2.42. The van der Waals surface area contributed by atoms with E-state index in [0.717, 1.165) is 45.2 Å². The van der Waals surface area contributed by atoms with Crippen LogP contribution in [0.1, 0.15) is 5.56 Å². The van der Waals surface area contributed by atoms with Crippen LogP contribution in [0.25, 0.3) is 21.8 Å². The van der Waals surface area contributed by atoms with E-state index in [1.807, 2.05) is 36.4 Å². The maximum absolute atomic E-state index is 5.96. The van der Waals surface area contributed by atoms with Crippen molar-refractivity contribution in [3.05, 3.63) is 48.6 Å². The molecule has 0 atom stereocenters. The quantitative estimate of drug-likeness (QED) is 0.473. The van der Waals surface area contributed by atoms with Gasteiger partial charge in [-0.2, -0.15) is 0 Å². The minimum atomic E-state index is 0.760. The Morgan fingerprint density at radius 2 is 1.83 bits per heavy atom. The summed E-state index contributed by atoms with van der Waals surface area (Å²) in [6.45, 7) is 3.79. The smallest absolute Gasteiger partial charge is 0.0502 e. The number of nitrogen functional groups attached to an aromatic ring is 2. The second-order valence-electron chi connectivity index (χ2n) is 4.53. The van der Waals surface area contributed by atoms with Crippen LogP contribution in [0.5, 0.6) is 0 Å². The van der Waals surface area contributed by atoms with Crippen LogP contribution < -0.4 is 11.5 Å². The fourth-order valence-electron chi connectivity index (χ4n) is 2.43. The molecule has 1 heterocycles. The van der Waals surface area contributed by atoms with Crippen molar-refractivity contribution < 1.29 is 0 Å². The molecule has 90 valence electrons. The number of benzene rings is 2. The van der Waals surface area contributed by atoms with Crippen molar-refractivity contribution in [2.75, 3.05) is 11.5 Å². The van der Waals surface area contributed by atoms with E-state index in [1.54, 1.807) is 0 Å². The van der Waals surface area contributed by atoms with Gasteiger partial charge in [0, 0.05) is 27.7 Å². The predicted molar refractivity (Wildman–Crippen MR) is 78.5 cm³/mol. The molecule has 0 saturated carbocycles. The fourth-order valence-corrected chi connectivity index (χ4v) is 2.43. The number of hydrogen-bond donors (Lipinski definition) is 3. The van der Waals surface area contributed by atoms with Crippen molar-refractivity contribution >= 4 is 33.2 Å². The molecule has 3 rings (SSSR count). The standard InChI is InChI=1S/C15H15N3/c1-2-3-9-6-11(17)8-13-12-7-10(16)4-5-14(12)18-15(9)13/h2,4-8,18H,1,3,16-17H2. The Labute approximate surface area is 105 Å². The second kappa shape index (κ2) is 3.81. The van der Waals surface area contributed by atoms with Crippen molar-refractivity contribution in [1.29, 1.82) is 0 Å². The van der Waals surface area contributed by atoms with E-state index in [0.29, 0.717) is 0 Å². The number of fused-ring (bicyclic) bond motifs is 3. The first-order valence-electron chi connectivity index (χ1n) is 5.89. The molecule has 0 amide bonds. The molecule has 0 aliphatic carbocycles. The van der Waals surface area contributed by atoms with Crippen LogP contribution in [0.3, 0.4) is 0 Å². The number of H-pyrrole nitrogens is 1. The highest BCUT2D eigenvalue weighted by molar-refractivity contribution is 6.10. The second-order valence-corrected chi connectivity index (χ2v) is 4.53. The van der Waals surface area contributed by atoms with Crippen molar-refractivity contribution in [2.24, 2.45) is 0 Å². The van der Waals surface area contributed by atoms with Crippen LogP contribution in [-0.2, 0) is 6.42 Å². The maximum Gasteiger partial charge on any atom is 0.0502 e. The van der Waals surface area contributed by atoms with Gasteiger partial charge < -0.3 is 16.5 Å². The van der Waals surface area contributed by atoms with Gasteiger partial charge in [0.25, 0.3) is 0 Å². The van der Waals surface area contributed by atoms with E-state index in [-0.39, 0.29) is 0 Å². The van der Waals surface area contributed by atoms with Gasteiger partial charge in [-0.1, -0.05) is 6.08 Å². The first kappa shape index (κ1) is 10.7. The summed E-state index contributed by atoms with van der Waals surface area (Å²) in [7, 11) is 0. The van der Waals surface area contributed by atoms with Gasteiger partial charge in [-0.15, -0.1) is 6.58 Å². The number of nitrogens with one attached hydrogen (secondary N) is 1. The van der Waals surface area contributed by atoms with Crippen LogP contribution in [0.2, 0.25) is 0 Å². The first-order chi connectivity index (χ1) is 8.69. The van der Waals surface area contributed by atoms with Crippen LogP contribution in [-0.4, -0.2) is 4.98 Å². The Balaban J connectivity index is 2.45. The summed E-state index contributed by atoms with van der Waals surface area (Å²) < 4.78 is 0. The molecule has 0 fully saturated rings. The molecule has 5 N–H and O–H groups in total. The van der Waals surface area contributed by atoms with Crippen molar-refractivity contribution in [1.82, 2.24) is 4.98 Å². The summed E-state index contributed by atoms with van der Waals surface area (Å²) in [6, 6.07) is 9.85. The van der Waals surface area contributed by atoms with Crippen LogP contribution >= 0.6 is 0 Å². The van der Waals surface area contributed by atoms with Gasteiger partial charge in [0.15, 0.2) is 0 Å². The lowest BCUT2D eigenvalue weighted by molar-refractivity contribution is 1.29. The molecule has 0 aliphatic heterocycles. The largest absolute Gasteiger partial charge is 0.399 e. The number of allylic oxidation sites excluding steroid dienone is 1. The zero-order chi connectivity index (χ0) is 12.7. The molecule has 3 nitrogen and oxygen atoms in total. The molecule has 3 heteroatoms. The minimum absolute atomic E-state index is 0.760. The molecule has 3 aromatic rings. The van der Waals surface area contributed by atoms with Crippen LogP contribution in [0.15, 0.2) is 43.0 Å². The fraction of sp³-hybridized carbons (Fsp3) is 0.0667. The van der Waals surface area contributed by atoms with E-state index in [2.05, 4.69) is 11.6 Å². The molecule has 0 unspecified atom stereocenters. The highest BCUT2D eigenvalue weighted by Gasteiger charge is 2.09. The molecule has 18 heavy (non-hydrogen) atoms. The van der Waals surface area contributed by atoms with Gasteiger partial charge in [0.05, 0.1) is 5.52 Å². The molecule has 0 bridgehead atoms. The Bertz CT molecular complexity index is 753. The molecule has 2 aromatic carbocycles. The molecule has 0 aliphatic rings. The number of aromatic amines is 1. The molecular formula is C15H15N3. The summed E-state index contributed by atoms with van der Waals surface area (Å²) in [5, 5.41) is 2.23. The average Bonchev–Trinajstić information content (AvgIpc) is 2.68. The van der Waals surface area contributed by atoms with Crippen LogP contribution in [0.4, 0.5) is 11.4 Å². The summed E-state index contributed by atoms with van der Waals surface area (Å²) in [4.78, 5) is 3.43. The number of anilines is 2. The Morgan fingerprint density at radius 1 is 1.06 bits per heavy atom. The van der Waals surface area contributed by atoms with Crippen molar-refractivity contribution in [3.63, 3.8) is 0 Å². The van der Waals surface area contributed by atoms with E-state index < -0.39 is 0 Å². The normalized spacial score (nSPS) is 11.1. The van der Waals surface area contributed by atoms with Gasteiger partial charge in [0.1, 0.15) is 0 Å². The topological polar surface area (TPSA) is 67.8 Å². The average molecular weight is 237 g/mol. The SMILES string of the molecule is C=CCc1cc(N)cc2c1[nH]c1ccc(N)cc12. The van der Waals surface area contributed by atoms with Crippen molar-refractivity contribution in [3.8, 4) is 0 Å². The van der Waals surface area contributed by atoms with Gasteiger partial charge in [-0.25, -0.2) is 0 Å². The molecule has 0 saturated heterocycles. The lowest BCUT2D eigenvalue weighted by Crippen LogP contribution is -1.89. The van der Waals surface area contributed by atoms with E-state index in [1.165, 1.54) is 0 Å². The third-order valence-electron chi connectivity index (χ3n) is 3.20. The number of nitrogens with two attached hydrogens (primary N) is 2. The van der Waals surface area contributed by atoms with Gasteiger partial charge in [0.2, 0.25) is 0 Å². The zero-order valence-corrected chi connectivity index (χ0v) is 10.0. The summed E-state index contributed by atoms with van der Waals surface area (Å²) in [6.07, 6.45) is 2.68. The molecular weight excluding hydrogens is 222 g/mol. The van der Waals surface area contributed by atoms with E-state index in [9.17, 15) is 0 Å². The van der Waals surface area contributed by atoms with Gasteiger partial charge >= 0.3 is 0 Å². The number of aromatic nitrogens is 1. The monoisotopic (exact) mass is 237 g/mol. The highest BCUT2D eigenvalue weighted by Crippen LogP contribution is 2.31. The van der Waals surface area contributed by atoms with Gasteiger partial charge in [-0.05, 0) is 42.3 Å². The molecule has 0 radical (unpaired) electrons. The van der Waals surface area contributed by atoms with E-state index in [4.69, 9.17) is 11.5 Å². The summed E-state index contributed by atoms with van der Waals surface area (Å²) >= 11 is 0.